The van der Waals surface area contributed by atoms with Crippen LogP contribution in [-0.4, -0.2) is 21.0 Å². The average Bonchev–Trinajstić information content (AvgIpc) is 2.42. The van der Waals surface area contributed by atoms with Gasteiger partial charge in [-0.2, -0.15) is 0 Å². The predicted molar refractivity (Wildman–Crippen MR) is 77.1 cm³/mol. The second-order valence-electron chi connectivity index (χ2n) is 3.78. The molecule has 0 saturated carbocycles. The van der Waals surface area contributed by atoms with Gasteiger partial charge in [-0.25, -0.2) is 9.78 Å². The quantitative estimate of drug-likeness (QED) is 0.644. The minimum atomic E-state index is -1.23. The molecule has 1 aromatic carbocycles. The molecule has 0 unspecified atom stereocenters. The SMILES string of the molecule is O=C(O)c1cc(Oc2ncc(Br)cc2[N+](=O)[O-])ccc1Cl. The molecule has 0 spiro atoms. The van der Waals surface area contributed by atoms with Crippen LogP contribution in [-0.2, 0) is 0 Å². The molecule has 21 heavy (non-hydrogen) atoms. The number of halogens is 2. The molecule has 0 saturated heterocycles. The van der Waals surface area contributed by atoms with Crippen LogP contribution in [0.4, 0.5) is 5.69 Å². The van der Waals surface area contributed by atoms with E-state index in [4.69, 9.17) is 21.4 Å². The van der Waals surface area contributed by atoms with E-state index in [1.165, 1.54) is 24.4 Å². The molecule has 1 N–H and O–H groups in total. The largest absolute Gasteiger partial charge is 0.478 e. The maximum Gasteiger partial charge on any atom is 0.337 e. The summed E-state index contributed by atoms with van der Waals surface area (Å²) >= 11 is 8.80. The Labute approximate surface area is 131 Å². The molecule has 2 rings (SSSR count). The fourth-order valence-corrected chi connectivity index (χ4v) is 1.99. The first-order valence-corrected chi connectivity index (χ1v) is 6.56. The summed E-state index contributed by atoms with van der Waals surface area (Å²) in [6.07, 6.45) is 1.33. The van der Waals surface area contributed by atoms with Crippen molar-refractivity contribution in [2.24, 2.45) is 0 Å². The zero-order valence-electron chi connectivity index (χ0n) is 10.1. The molecule has 2 aromatic rings. The van der Waals surface area contributed by atoms with Crippen molar-refractivity contribution in [1.29, 1.82) is 0 Å². The van der Waals surface area contributed by atoms with Crippen LogP contribution in [0.5, 0.6) is 11.6 Å². The molecule has 0 amide bonds. The topological polar surface area (TPSA) is 103 Å². The summed E-state index contributed by atoms with van der Waals surface area (Å²) in [5, 5.41) is 19.9. The number of nitro groups is 1. The minimum absolute atomic E-state index is 0.0353. The van der Waals surface area contributed by atoms with Crippen molar-refractivity contribution in [2.45, 2.75) is 0 Å². The Kier molecular flexibility index (Phi) is 4.39. The van der Waals surface area contributed by atoms with Crippen LogP contribution in [0.15, 0.2) is 34.9 Å². The Morgan fingerprint density at radius 1 is 1.43 bits per heavy atom. The van der Waals surface area contributed by atoms with Gasteiger partial charge in [0.1, 0.15) is 5.75 Å². The van der Waals surface area contributed by atoms with E-state index in [-0.39, 0.29) is 27.9 Å². The monoisotopic (exact) mass is 372 g/mol. The van der Waals surface area contributed by atoms with Gasteiger partial charge < -0.3 is 9.84 Å². The molecule has 1 aromatic heterocycles. The minimum Gasteiger partial charge on any atom is -0.478 e. The summed E-state index contributed by atoms with van der Waals surface area (Å²) in [7, 11) is 0. The Balaban J connectivity index is 2.41. The maximum atomic E-state index is 11.0. The Hall–Kier alpha value is -2.19. The van der Waals surface area contributed by atoms with Crippen molar-refractivity contribution in [3.05, 3.63) is 55.6 Å². The third-order valence-corrected chi connectivity index (χ3v) is 3.14. The summed E-state index contributed by atoms with van der Waals surface area (Å²) in [5.41, 5.74) is -0.523. The lowest BCUT2D eigenvalue weighted by atomic mass is 10.2. The van der Waals surface area contributed by atoms with Gasteiger partial charge in [0, 0.05) is 16.7 Å². The van der Waals surface area contributed by atoms with Gasteiger partial charge in [-0.1, -0.05) is 11.6 Å². The van der Waals surface area contributed by atoms with Crippen molar-refractivity contribution >= 4 is 39.2 Å². The van der Waals surface area contributed by atoms with Gasteiger partial charge in [-0.3, -0.25) is 10.1 Å². The third kappa shape index (κ3) is 3.47. The first-order valence-electron chi connectivity index (χ1n) is 5.39. The van der Waals surface area contributed by atoms with Crippen LogP contribution in [0.1, 0.15) is 10.4 Å². The molecule has 9 heteroatoms. The van der Waals surface area contributed by atoms with Gasteiger partial charge >= 0.3 is 11.7 Å². The molecule has 0 atom stereocenters. The summed E-state index contributed by atoms with van der Waals surface area (Å²) in [4.78, 5) is 25.1. The number of hydrogen-bond donors (Lipinski definition) is 1. The molecular formula is C12H6BrClN2O5. The van der Waals surface area contributed by atoms with Crippen molar-refractivity contribution in [1.82, 2.24) is 4.98 Å². The van der Waals surface area contributed by atoms with Crippen LogP contribution >= 0.6 is 27.5 Å². The van der Waals surface area contributed by atoms with Gasteiger partial charge in [0.15, 0.2) is 0 Å². The zero-order chi connectivity index (χ0) is 15.6. The first-order chi connectivity index (χ1) is 9.88. The number of carbonyl (C=O) groups is 1. The number of pyridine rings is 1. The number of carboxylic acid groups (broad SMARTS) is 1. The molecular weight excluding hydrogens is 367 g/mol. The number of ether oxygens (including phenoxy) is 1. The van der Waals surface area contributed by atoms with Crippen LogP contribution in [0.3, 0.4) is 0 Å². The molecule has 0 aliphatic rings. The predicted octanol–water partition coefficient (Wildman–Crippen LogP) is 3.90. The number of aromatic carboxylic acids is 1. The van der Waals surface area contributed by atoms with E-state index in [1.807, 2.05) is 0 Å². The van der Waals surface area contributed by atoms with Crippen LogP contribution in [0, 0.1) is 10.1 Å². The fourth-order valence-electron chi connectivity index (χ4n) is 1.47. The zero-order valence-corrected chi connectivity index (χ0v) is 12.5. The van der Waals surface area contributed by atoms with Crippen molar-refractivity contribution < 1.29 is 19.6 Å². The maximum absolute atomic E-state index is 11.0. The summed E-state index contributed by atoms with van der Waals surface area (Å²) < 4.78 is 5.70. The van der Waals surface area contributed by atoms with Gasteiger partial charge in [0.2, 0.25) is 0 Å². The van der Waals surface area contributed by atoms with Gasteiger partial charge in [-0.15, -0.1) is 0 Å². The summed E-state index contributed by atoms with van der Waals surface area (Å²) in [6.45, 7) is 0. The molecule has 0 fully saturated rings. The highest BCUT2D eigenvalue weighted by molar-refractivity contribution is 9.10. The smallest absolute Gasteiger partial charge is 0.337 e. The lowest BCUT2D eigenvalue weighted by molar-refractivity contribution is -0.386. The van der Waals surface area contributed by atoms with Crippen LogP contribution < -0.4 is 4.74 Å². The number of benzene rings is 1. The van der Waals surface area contributed by atoms with Crippen molar-refractivity contribution in [3.8, 4) is 11.6 Å². The number of rotatable bonds is 4. The van der Waals surface area contributed by atoms with E-state index in [1.54, 1.807) is 0 Å². The van der Waals surface area contributed by atoms with Crippen molar-refractivity contribution in [3.63, 3.8) is 0 Å². The molecule has 7 nitrogen and oxygen atoms in total. The number of nitrogens with zero attached hydrogens (tertiary/aromatic N) is 2. The van der Waals surface area contributed by atoms with E-state index < -0.39 is 10.9 Å². The average molecular weight is 374 g/mol. The van der Waals surface area contributed by atoms with E-state index in [0.29, 0.717) is 4.47 Å². The van der Waals surface area contributed by atoms with Gasteiger partial charge in [0.25, 0.3) is 5.88 Å². The van der Waals surface area contributed by atoms with E-state index in [2.05, 4.69) is 20.9 Å². The third-order valence-electron chi connectivity index (χ3n) is 2.38. The summed E-state index contributed by atoms with van der Waals surface area (Å²) in [5.74, 6) is -1.40. The fraction of sp³-hybridized carbons (Fsp3) is 0. The Bertz CT molecular complexity index is 738. The van der Waals surface area contributed by atoms with Crippen molar-refractivity contribution in [2.75, 3.05) is 0 Å². The summed E-state index contributed by atoms with van der Waals surface area (Å²) in [6, 6.07) is 5.11. The Morgan fingerprint density at radius 3 is 2.76 bits per heavy atom. The normalized spacial score (nSPS) is 10.2. The molecule has 0 bridgehead atoms. The molecule has 0 aliphatic carbocycles. The first kappa shape index (κ1) is 15.2. The Morgan fingerprint density at radius 2 is 2.14 bits per heavy atom. The number of hydrogen-bond acceptors (Lipinski definition) is 5. The van der Waals surface area contributed by atoms with Crippen LogP contribution in [0.25, 0.3) is 0 Å². The number of aromatic nitrogens is 1. The second kappa shape index (κ2) is 6.06. The highest BCUT2D eigenvalue weighted by Gasteiger charge is 2.19. The van der Waals surface area contributed by atoms with E-state index >= 15 is 0 Å². The van der Waals surface area contributed by atoms with E-state index in [0.717, 1.165) is 6.07 Å². The van der Waals surface area contributed by atoms with Gasteiger partial charge in [0.05, 0.1) is 15.5 Å². The lowest BCUT2D eigenvalue weighted by Crippen LogP contribution is -1.99. The molecule has 0 radical (unpaired) electrons. The molecule has 0 aliphatic heterocycles. The van der Waals surface area contributed by atoms with Crippen LogP contribution in [0.2, 0.25) is 5.02 Å². The number of carboxylic acids is 1. The van der Waals surface area contributed by atoms with Gasteiger partial charge in [-0.05, 0) is 34.1 Å². The lowest BCUT2D eigenvalue weighted by Gasteiger charge is -2.07. The molecule has 108 valence electrons. The highest BCUT2D eigenvalue weighted by Crippen LogP contribution is 2.32. The molecule has 1 heterocycles. The van der Waals surface area contributed by atoms with E-state index in [9.17, 15) is 14.9 Å². The standard InChI is InChI=1S/C12H6BrClN2O5/c13-6-3-10(16(19)20)11(15-5-6)21-7-1-2-9(14)8(4-7)12(17)18/h1-5H,(H,17,18). The second-order valence-corrected chi connectivity index (χ2v) is 5.11. The highest BCUT2D eigenvalue weighted by atomic mass is 79.9.